The fourth-order valence-electron chi connectivity index (χ4n) is 2.25. The predicted octanol–water partition coefficient (Wildman–Crippen LogP) is 2.55. The van der Waals surface area contributed by atoms with E-state index in [-0.39, 0.29) is 12.6 Å². The number of benzene rings is 1. The van der Waals surface area contributed by atoms with Crippen molar-refractivity contribution in [1.29, 1.82) is 0 Å². The molecule has 0 spiro atoms. The summed E-state index contributed by atoms with van der Waals surface area (Å²) < 4.78 is 35.5. The van der Waals surface area contributed by atoms with Gasteiger partial charge in [0.1, 0.15) is 11.5 Å². The van der Waals surface area contributed by atoms with Crippen LogP contribution in [0.1, 0.15) is 18.5 Å². The highest BCUT2D eigenvalue weighted by atomic mass is 19.3. The largest absolute Gasteiger partial charge is 0.497 e. The van der Waals surface area contributed by atoms with Crippen LogP contribution in [-0.4, -0.2) is 52.2 Å². The summed E-state index contributed by atoms with van der Waals surface area (Å²) in [4.78, 5) is 1.61. The molecule has 6 heteroatoms. The molecular formula is C15H24F2N2O2. The molecule has 0 aliphatic rings. The summed E-state index contributed by atoms with van der Waals surface area (Å²) in [5.74, 6) is 1.39. The van der Waals surface area contributed by atoms with Gasteiger partial charge in [-0.2, -0.15) is 0 Å². The SMILES string of the molecule is CCNC(CN(C)CC(F)F)c1ccc(OC)cc1OC. The van der Waals surface area contributed by atoms with Gasteiger partial charge < -0.3 is 14.8 Å². The highest BCUT2D eigenvalue weighted by Gasteiger charge is 2.19. The zero-order chi connectivity index (χ0) is 15.8. The predicted molar refractivity (Wildman–Crippen MR) is 79.5 cm³/mol. The number of hydrogen-bond acceptors (Lipinski definition) is 4. The smallest absolute Gasteiger partial charge is 0.251 e. The van der Waals surface area contributed by atoms with Crippen LogP contribution in [0.2, 0.25) is 0 Å². The minimum Gasteiger partial charge on any atom is -0.497 e. The first-order valence-corrected chi connectivity index (χ1v) is 6.93. The van der Waals surface area contributed by atoms with Gasteiger partial charge in [0.15, 0.2) is 0 Å². The average Bonchev–Trinajstić information content (AvgIpc) is 2.45. The molecule has 1 unspecified atom stereocenters. The molecule has 0 aliphatic carbocycles. The molecule has 1 aromatic rings. The van der Waals surface area contributed by atoms with Crippen LogP contribution in [0.15, 0.2) is 18.2 Å². The minimum absolute atomic E-state index is 0.0837. The third-order valence-electron chi connectivity index (χ3n) is 3.21. The molecule has 0 aromatic heterocycles. The van der Waals surface area contributed by atoms with E-state index in [1.54, 1.807) is 32.2 Å². The molecule has 0 saturated heterocycles. The van der Waals surface area contributed by atoms with Crippen molar-refractivity contribution in [3.8, 4) is 11.5 Å². The normalized spacial score (nSPS) is 12.8. The van der Waals surface area contributed by atoms with E-state index in [1.807, 2.05) is 19.1 Å². The molecule has 0 heterocycles. The Kier molecular flexibility index (Phi) is 7.39. The Morgan fingerprint density at radius 1 is 1.19 bits per heavy atom. The fourth-order valence-corrected chi connectivity index (χ4v) is 2.25. The highest BCUT2D eigenvalue weighted by Crippen LogP contribution is 2.30. The Balaban J connectivity index is 2.93. The van der Waals surface area contributed by atoms with Crippen LogP contribution in [0, 0.1) is 0 Å². The summed E-state index contributed by atoms with van der Waals surface area (Å²) in [6, 6.07) is 5.46. The maximum absolute atomic E-state index is 12.5. The quantitative estimate of drug-likeness (QED) is 0.760. The number of ether oxygens (including phenoxy) is 2. The molecule has 4 nitrogen and oxygen atoms in total. The van der Waals surface area contributed by atoms with Crippen molar-refractivity contribution in [2.75, 3.05) is 40.9 Å². The fraction of sp³-hybridized carbons (Fsp3) is 0.600. The standard InChI is InChI=1S/C15H24F2N2O2/c1-5-18-13(9-19(2)10-15(16)17)12-7-6-11(20-3)8-14(12)21-4/h6-8,13,15,18H,5,9-10H2,1-4H3. The molecule has 1 N–H and O–H groups in total. The van der Waals surface area contributed by atoms with E-state index in [4.69, 9.17) is 9.47 Å². The number of nitrogens with one attached hydrogen (secondary N) is 1. The molecule has 0 aliphatic heterocycles. The Bertz CT molecular complexity index is 430. The van der Waals surface area contributed by atoms with Gasteiger partial charge in [-0.05, 0) is 19.7 Å². The maximum atomic E-state index is 12.5. The number of likely N-dealkylation sites (N-methyl/N-ethyl adjacent to an activating group) is 2. The summed E-state index contributed by atoms with van der Waals surface area (Å²) in [5, 5.41) is 3.31. The van der Waals surface area contributed by atoms with Gasteiger partial charge >= 0.3 is 0 Å². The summed E-state index contributed by atoms with van der Waals surface area (Å²) >= 11 is 0. The van der Waals surface area contributed by atoms with E-state index in [0.29, 0.717) is 18.0 Å². The van der Waals surface area contributed by atoms with E-state index < -0.39 is 6.43 Å². The lowest BCUT2D eigenvalue weighted by atomic mass is 10.0. The van der Waals surface area contributed by atoms with E-state index in [2.05, 4.69) is 5.32 Å². The number of alkyl halides is 2. The number of nitrogens with zero attached hydrogens (tertiary/aromatic N) is 1. The van der Waals surface area contributed by atoms with Gasteiger partial charge in [0.2, 0.25) is 0 Å². The Hall–Kier alpha value is -1.40. The van der Waals surface area contributed by atoms with Gasteiger partial charge in [-0.3, -0.25) is 4.90 Å². The molecule has 0 bridgehead atoms. The Labute approximate surface area is 125 Å². The first kappa shape index (κ1) is 17.7. The second-order valence-corrected chi connectivity index (χ2v) is 4.83. The third kappa shape index (κ3) is 5.47. The molecule has 120 valence electrons. The Morgan fingerprint density at radius 2 is 1.90 bits per heavy atom. The summed E-state index contributed by atoms with van der Waals surface area (Å²) in [7, 11) is 4.86. The van der Waals surface area contributed by atoms with E-state index in [1.165, 1.54) is 0 Å². The highest BCUT2D eigenvalue weighted by molar-refractivity contribution is 5.42. The molecule has 0 saturated carbocycles. The van der Waals surface area contributed by atoms with E-state index >= 15 is 0 Å². The van der Waals surface area contributed by atoms with E-state index in [0.717, 1.165) is 12.1 Å². The van der Waals surface area contributed by atoms with Gasteiger partial charge in [-0.25, -0.2) is 8.78 Å². The second-order valence-electron chi connectivity index (χ2n) is 4.83. The van der Waals surface area contributed by atoms with Gasteiger partial charge in [-0.1, -0.05) is 13.0 Å². The number of hydrogen-bond donors (Lipinski definition) is 1. The number of halogens is 2. The zero-order valence-electron chi connectivity index (χ0n) is 13.0. The summed E-state index contributed by atoms with van der Waals surface area (Å²) in [5.41, 5.74) is 0.932. The maximum Gasteiger partial charge on any atom is 0.251 e. The lowest BCUT2D eigenvalue weighted by molar-refractivity contribution is 0.0958. The van der Waals surface area contributed by atoms with Crippen LogP contribution in [-0.2, 0) is 0 Å². The minimum atomic E-state index is -2.34. The van der Waals surface area contributed by atoms with Gasteiger partial charge in [0.25, 0.3) is 6.43 Å². The third-order valence-corrected chi connectivity index (χ3v) is 3.21. The van der Waals surface area contributed by atoms with Crippen molar-refractivity contribution in [3.63, 3.8) is 0 Å². The number of rotatable bonds is 9. The molecule has 1 aromatic carbocycles. The molecular weight excluding hydrogens is 278 g/mol. The van der Waals surface area contributed by atoms with Crippen LogP contribution in [0.3, 0.4) is 0 Å². The van der Waals surface area contributed by atoms with Crippen LogP contribution in [0.4, 0.5) is 8.78 Å². The first-order valence-electron chi connectivity index (χ1n) is 6.93. The van der Waals surface area contributed by atoms with Crippen LogP contribution in [0.5, 0.6) is 11.5 Å². The molecule has 0 amide bonds. The number of methoxy groups -OCH3 is 2. The van der Waals surface area contributed by atoms with Crippen molar-refractivity contribution < 1.29 is 18.3 Å². The molecule has 0 fully saturated rings. The van der Waals surface area contributed by atoms with E-state index in [9.17, 15) is 8.78 Å². The molecule has 1 rings (SSSR count). The van der Waals surface area contributed by atoms with Gasteiger partial charge in [0, 0.05) is 24.2 Å². The van der Waals surface area contributed by atoms with Crippen molar-refractivity contribution >= 4 is 0 Å². The second kappa shape index (κ2) is 8.79. The summed E-state index contributed by atoms with van der Waals surface area (Å²) in [6.45, 7) is 2.94. The molecule has 21 heavy (non-hydrogen) atoms. The first-order chi connectivity index (χ1) is 10.0. The lowest BCUT2D eigenvalue weighted by Gasteiger charge is -2.26. The van der Waals surface area contributed by atoms with Crippen LogP contribution < -0.4 is 14.8 Å². The Morgan fingerprint density at radius 3 is 2.43 bits per heavy atom. The van der Waals surface area contributed by atoms with Crippen molar-refractivity contribution in [2.45, 2.75) is 19.4 Å². The van der Waals surface area contributed by atoms with Crippen molar-refractivity contribution in [2.24, 2.45) is 0 Å². The van der Waals surface area contributed by atoms with Crippen LogP contribution >= 0.6 is 0 Å². The molecule has 0 radical (unpaired) electrons. The van der Waals surface area contributed by atoms with Crippen molar-refractivity contribution in [3.05, 3.63) is 23.8 Å². The monoisotopic (exact) mass is 302 g/mol. The topological polar surface area (TPSA) is 33.7 Å². The molecule has 1 atom stereocenters. The van der Waals surface area contributed by atoms with Crippen LogP contribution in [0.25, 0.3) is 0 Å². The lowest BCUT2D eigenvalue weighted by Crippen LogP contribution is -2.35. The summed E-state index contributed by atoms with van der Waals surface area (Å²) in [6.07, 6.45) is -2.34. The van der Waals surface area contributed by atoms with Gasteiger partial charge in [0.05, 0.1) is 20.8 Å². The zero-order valence-corrected chi connectivity index (χ0v) is 13.0. The van der Waals surface area contributed by atoms with Gasteiger partial charge in [-0.15, -0.1) is 0 Å². The average molecular weight is 302 g/mol. The van der Waals surface area contributed by atoms with Crippen molar-refractivity contribution in [1.82, 2.24) is 10.2 Å².